The zero-order valence-corrected chi connectivity index (χ0v) is 13.4. The number of rotatable bonds is 4. The molecule has 0 spiro atoms. The Bertz CT molecular complexity index is 480. The van der Waals surface area contributed by atoms with Gasteiger partial charge in [0.15, 0.2) is 0 Å². The smallest absolute Gasteiger partial charge is 0.0901 e. The number of aromatic nitrogens is 2. The molecule has 118 valence electrons. The number of nitrogens with one attached hydrogen (secondary N) is 1. The summed E-state index contributed by atoms with van der Waals surface area (Å²) in [7, 11) is 2.01. The van der Waals surface area contributed by atoms with Crippen molar-refractivity contribution >= 4 is 0 Å². The van der Waals surface area contributed by atoms with Gasteiger partial charge in [-0.25, -0.2) is 0 Å². The van der Waals surface area contributed by atoms with E-state index in [-0.39, 0.29) is 6.10 Å². The summed E-state index contributed by atoms with van der Waals surface area (Å²) in [5.41, 5.74) is 3.64. The van der Waals surface area contributed by atoms with Gasteiger partial charge in [0, 0.05) is 56.6 Å². The van der Waals surface area contributed by atoms with Crippen LogP contribution in [0.25, 0.3) is 0 Å². The van der Waals surface area contributed by atoms with Gasteiger partial charge in [-0.05, 0) is 33.1 Å². The maximum atomic E-state index is 6.05. The molecule has 2 atom stereocenters. The molecule has 1 N–H and O–H groups in total. The minimum atomic E-state index is 0.200. The molecule has 2 aliphatic heterocycles. The summed E-state index contributed by atoms with van der Waals surface area (Å²) in [5, 5.41) is 8.26. The molecule has 3 heterocycles. The quantitative estimate of drug-likeness (QED) is 0.921. The molecular weight excluding hydrogens is 266 g/mol. The molecule has 21 heavy (non-hydrogen) atoms. The van der Waals surface area contributed by atoms with Crippen molar-refractivity contribution in [2.75, 3.05) is 26.4 Å². The zero-order chi connectivity index (χ0) is 14.8. The molecule has 0 aromatic carbocycles. The summed E-state index contributed by atoms with van der Waals surface area (Å²) in [4.78, 5) is 0. The Morgan fingerprint density at radius 1 is 1.19 bits per heavy atom. The Balaban J connectivity index is 1.64. The Kier molecular flexibility index (Phi) is 4.62. The highest BCUT2D eigenvalue weighted by molar-refractivity contribution is 5.28. The van der Waals surface area contributed by atoms with Crippen LogP contribution in [-0.2, 0) is 16.5 Å². The highest BCUT2D eigenvalue weighted by Crippen LogP contribution is 2.37. The average molecular weight is 293 g/mol. The van der Waals surface area contributed by atoms with E-state index in [0.29, 0.717) is 12.0 Å². The fraction of sp³-hybridized carbons (Fsp3) is 0.812. The van der Waals surface area contributed by atoms with Gasteiger partial charge in [0.1, 0.15) is 0 Å². The van der Waals surface area contributed by atoms with E-state index in [2.05, 4.69) is 24.3 Å². The van der Waals surface area contributed by atoms with E-state index >= 15 is 0 Å². The Morgan fingerprint density at radius 2 is 1.95 bits per heavy atom. The van der Waals surface area contributed by atoms with Crippen molar-refractivity contribution < 1.29 is 9.47 Å². The summed E-state index contributed by atoms with van der Waals surface area (Å²) >= 11 is 0. The molecule has 2 saturated heterocycles. The van der Waals surface area contributed by atoms with Crippen LogP contribution in [0.2, 0.25) is 0 Å². The average Bonchev–Trinajstić information content (AvgIpc) is 3.03. The van der Waals surface area contributed by atoms with Gasteiger partial charge in [0.2, 0.25) is 0 Å². The van der Waals surface area contributed by atoms with Crippen LogP contribution in [0.5, 0.6) is 0 Å². The number of nitrogens with zero attached hydrogens (tertiary/aromatic N) is 2. The zero-order valence-electron chi connectivity index (χ0n) is 13.4. The lowest BCUT2D eigenvalue weighted by Crippen LogP contribution is -2.38. The van der Waals surface area contributed by atoms with Crippen molar-refractivity contribution in [3.8, 4) is 0 Å². The lowest BCUT2D eigenvalue weighted by molar-refractivity contribution is 0.0699. The van der Waals surface area contributed by atoms with Crippen LogP contribution in [0.15, 0.2) is 0 Å². The molecule has 2 aliphatic rings. The van der Waals surface area contributed by atoms with Crippen LogP contribution < -0.4 is 5.32 Å². The van der Waals surface area contributed by atoms with Crippen molar-refractivity contribution in [2.45, 2.75) is 45.3 Å². The number of hydrogen-bond acceptors (Lipinski definition) is 4. The number of aryl methyl sites for hydroxylation is 2. The second-order valence-corrected chi connectivity index (χ2v) is 6.34. The van der Waals surface area contributed by atoms with Crippen molar-refractivity contribution in [2.24, 2.45) is 13.0 Å². The van der Waals surface area contributed by atoms with E-state index in [4.69, 9.17) is 9.47 Å². The molecule has 2 unspecified atom stereocenters. The predicted molar refractivity (Wildman–Crippen MR) is 81.3 cm³/mol. The van der Waals surface area contributed by atoms with Gasteiger partial charge in [-0.15, -0.1) is 0 Å². The van der Waals surface area contributed by atoms with E-state index in [1.807, 2.05) is 11.7 Å². The molecule has 0 radical (unpaired) electrons. The molecule has 1 aromatic rings. The van der Waals surface area contributed by atoms with Gasteiger partial charge in [-0.3, -0.25) is 4.68 Å². The van der Waals surface area contributed by atoms with Gasteiger partial charge in [-0.1, -0.05) is 0 Å². The van der Waals surface area contributed by atoms with Crippen LogP contribution in [0.4, 0.5) is 0 Å². The third kappa shape index (κ3) is 3.15. The van der Waals surface area contributed by atoms with Crippen molar-refractivity contribution in [1.82, 2.24) is 15.1 Å². The molecule has 0 amide bonds. The van der Waals surface area contributed by atoms with Gasteiger partial charge >= 0.3 is 0 Å². The molecule has 0 bridgehead atoms. The minimum Gasteiger partial charge on any atom is -0.381 e. The van der Waals surface area contributed by atoms with Crippen LogP contribution in [-0.4, -0.2) is 42.2 Å². The SMILES string of the molecule is Cc1nn(C)c(C)c1C1OCCC1CNC1CCOCC1. The Hall–Kier alpha value is -0.910. The Labute approximate surface area is 127 Å². The van der Waals surface area contributed by atoms with Gasteiger partial charge in [0.25, 0.3) is 0 Å². The second kappa shape index (κ2) is 6.46. The van der Waals surface area contributed by atoms with Crippen molar-refractivity contribution in [3.63, 3.8) is 0 Å². The van der Waals surface area contributed by atoms with Gasteiger partial charge in [-0.2, -0.15) is 5.10 Å². The lowest BCUT2D eigenvalue weighted by atomic mass is 9.93. The normalized spacial score (nSPS) is 27.4. The first-order valence-electron chi connectivity index (χ1n) is 8.09. The third-order valence-electron chi connectivity index (χ3n) is 4.95. The van der Waals surface area contributed by atoms with Crippen LogP contribution in [0, 0.1) is 19.8 Å². The number of ether oxygens (including phenoxy) is 2. The molecular formula is C16H27N3O2. The van der Waals surface area contributed by atoms with Crippen LogP contribution in [0.1, 0.15) is 42.3 Å². The van der Waals surface area contributed by atoms with Crippen molar-refractivity contribution in [1.29, 1.82) is 0 Å². The third-order valence-corrected chi connectivity index (χ3v) is 4.95. The molecule has 0 aliphatic carbocycles. The standard InChI is InChI=1S/C16H27N3O2/c1-11-15(12(2)19(3)18-11)16-13(4-9-21-16)10-17-14-5-7-20-8-6-14/h13-14,16-17H,4-10H2,1-3H3. The fourth-order valence-corrected chi connectivity index (χ4v) is 3.58. The molecule has 5 heteroatoms. The molecule has 1 aromatic heterocycles. The number of hydrogen-bond donors (Lipinski definition) is 1. The molecule has 0 saturated carbocycles. The van der Waals surface area contributed by atoms with E-state index in [1.165, 1.54) is 11.3 Å². The van der Waals surface area contributed by atoms with E-state index in [9.17, 15) is 0 Å². The second-order valence-electron chi connectivity index (χ2n) is 6.34. The summed E-state index contributed by atoms with van der Waals surface area (Å²) in [6.45, 7) is 7.90. The molecule has 2 fully saturated rings. The largest absolute Gasteiger partial charge is 0.381 e. The maximum Gasteiger partial charge on any atom is 0.0901 e. The summed E-state index contributed by atoms with van der Waals surface area (Å²) in [5.74, 6) is 0.550. The van der Waals surface area contributed by atoms with Crippen LogP contribution in [0.3, 0.4) is 0 Å². The van der Waals surface area contributed by atoms with Crippen molar-refractivity contribution in [3.05, 3.63) is 17.0 Å². The van der Waals surface area contributed by atoms with E-state index in [0.717, 1.165) is 51.3 Å². The van der Waals surface area contributed by atoms with Gasteiger partial charge in [0.05, 0.1) is 11.8 Å². The minimum absolute atomic E-state index is 0.200. The van der Waals surface area contributed by atoms with E-state index in [1.54, 1.807) is 0 Å². The first kappa shape index (κ1) is 15.0. The molecule has 5 nitrogen and oxygen atoms in total. The summed E-state index contributed by atoms with van der Waals surface area (Å²) in [6, 6.07) is 0.607. The Morgan fingerprint density at radius 3 is 2.62 bits per heavy atom. The monoisotopic (exact) mass is 293 g/mol. The van der Waals surface area contributed by atoms with Crippen LogP contribution >= 0.6 is 0 Å². The first-order valence-corrected chi connectivity index (χ1v) is 8.09. The van der Waals surface area contributed by atoms with Gasteiger partial charge < -0.3 is 14.8 Å². The predicted octanol–water partition coefficient (Wildman–Crippen LogP) is 1.88. The highest BCUT2D eigenvalue weighted by Gasteiger charge is 2.33. The molecule has 3 rings (SSSR count). The summed E-state index contributed by atoms with van der Waals surface area (Å²) < 4.78 is 13.4. The lowest BCUT2D eigenvalue weighted by Gasteiger charge is -2.26. The summed E-state index contributed by atoms with van der Waals surface area (Å²) in [6.07, 6.45) is 3.59. The highest BCUT2D eigenvalue weighted by atomic mass is 16.5. The van der Waals surface area contributed by atoms with E-state index < -0.39 is 0 Å². The maximum absolute atomic E-state index is 6.05. The topological polar surface area (TPSA) is 48.3 Å². The fourth-order valence-electron chi connectivity index (χ4n) is 3.58. The first-order chi connectivity index (χ1) is 10.2.